The van der Waals surface area contributed by atoms with Gasteiger partial charge in [-0.2, -0.15) is 9.40 Å². The second-order valence-corrected chi connectivity index (χ2v) is 8.85. The Balaban J connectivity index is 1.77. The third-order valence-corrected chi connectivity index (χ3v) is 6.32. The van der Waals surface area contributed by atoms with Crippen molar-refractivity contribution in [3.63, 3.8) is 0 Å². The summed E-state index contributed by atoms with van der Waals surface area (Å²) in [6, 6.07) is 7.87. The van der Waals surface area contributed by atoms with Gasteiger partial charge < -0.3 is 10.4 Å². The summed E-state index contributed by atoms with van der Waals surface area (Å²) in [5.74, 6) is -0.405. The van der Waals surface area contributed by atoms with Gasteiger partial charge in [0, 0.05) is 31.0 Å². The molecule has 1 aromatic heterocycles. The van der Waals surface area contributed by atoms with Gasteiger partial charge in [-0.1, -0.05) is 6.07 Å². The molecule has 146 valence electrons. The molecule has 0 bridgehead atoms. The molecule has 0 radical (unpaired) electrons. The first-order valence-electron chi connectivity index (χ1n) is 8.92. The molecule has 9 heteroatoms. The predicted octanol–water partition coefficient (Wildman–Crippen LogP) is 1.86. The number of carbonyl (C=O) groups excluding carboxylic acids is 1. The Hall–Kier alpha value is -2.23. The number of aliphatic hydroxyl groups excluding tert-OH is 1. The van der Waals surface area contributed by atoms with Crippen LogP contribution in [0.1, 0.15) is 43.2 Å². The number of hydrogen-bond acceptors (Lipinski definition) is 5. The van der Waals surface area contributed by atoms with Gasteiger partial charge in [-0.25, -0.2) is 8.42 Å². The maximum atomic E-state index is 12.8. The Labute approximate surface area is 158 Å². The maximum absolute atomic E-state index is 12.8. The van der Waals surface area contributed by atoms with E-state index in [0.29, 0.717) is 25.1 Å². The maximum Gasteiger partial charge on any atom is 0.276 e. The molecule has 2 heterocycles. The summed E-state index contributed by atoms with van der Waals surface area (Å²) in [6.45, 7) is 4.38. The van der Waals surface area contributed by atoms with E-state index >= 15 is 0 Å². The van der Waals surface area contributed by atoms with Crippen LogP contribution in [0.4, 0.5) is 5.69 Å². The van der Waals surface area contributed by atoms with Gasteiger partial charge in [0.15, 0.2) is 5.69 Å². The Kier molecular flexibility index (Phi) is 5.64. The summed E-state index contributed by atoms with van der Waals surface area (Å²) in [4.78, 5) is 12.5. The minimum atomic E-state index is -3.72. The molecule has 0 aliphatic carbocycles. The smallest absolute Gasteiger partial charge is 0.276 e. The molecular weight excluding hydrogens is 368 g/mol. The first kappa shape index (κ1) is 19.5. The fraction of sp³-hybridized carbons (Fsp3) is 0.444. The van der Waals surface area contributed by atoms with Gasteiger partial charge in [-0.3, -0.25) is 9.48 Å². The average Bonchev–Trinajstić information content (AvgIpc) is 3.12. The fourth-order valence-electron chi connectivity index (χ4n) is 2.96. The van der Waals surface area contributed by atoms with Gasteiger partial charge in [0.1, 0.15) is 0 Å². The van der Waals surface area contributed by atoms with Crippen molar-refractivity contribution in [2.45, 2.75) is 43.7 Å². The highest BCUT2D eigenvalue weighted by Gasteiger charge is 2.29. The minimum Gasteiger partial charge on any atom is -0.392 e. The summed E-state index contributed by atoms with van der Waals surface area (Å²) in [5, 5.41) is 16.7. The van der Waals surface area contributed by atoms with Crippen LogP contribution < -0.4 is 5.32 Å². The van der Waals surface area contributed by atoms with Crippen LogP contribution in [0.3, 0.4) is 0 Å². The Morgan fingerprint density at radius 3 is 2.78 bits per heavy atom. The van der Waals surface area contributed by atoms with E-state index in [2.05, 4.69) is 10.4 Å². The van der Waals surface area contributed by atoms with Gasteiger partial charge in [0.05, 0.1) is 11.0 Å². The van der Waals surface area contributed by atoms with E-state index in [4.69, 9.17) is 0 Å². The highest BCUT2D eigenvalue weighted by Crippen LogP contribution is 2.23. The molecule has 1 aromatic carbocycles. The lowest BCUT2D eigenvalue weighted by Gasteiger charge is -2.29. The predicted molar refractivity (Wildman–Crippen MR) is 101 cm³/mol. The zero-order valence-electron chi connectivity index (χ0n) is 15.4. The number of benzene rings is 1. The molecule has 1 atom stereocenters. The number of sulfonamides is 1. The third-order valence-electron chi connectivity index (χ3n) is 4.46. The zero-order valence-corrected chi connectivity index (χ0v) is 16.2. The standard InChI is InChI=1S/C18H24N4O4S/c1-13(2)22-10-8-17(20-22)18(24)19-14-5-3-7-16(11-14)27(25,26)21-9-4-6-15(23)12-21/h3,5,7-8,10-11,13,15,23H,4,6,9,12H2,1-2H3,(H,19,24). The fourth-order valence-corrected chi connectivity index (χ4v) is 4.53. The van der Waals surface area contributed by atoms with Crippen molar-refractivity contribution in [1.82, 2.24) is 14.1 Å². The van der Waals surface area contributed by atoms with E-state index in [0.717, 1.165) is 0 Å². The molecule has 0 saturated carbocycles. The molecule has 1 fully saturated rings. The molecule has 3 rings (SSSR count). The minimum absolute atomic E-state index is 0.0853. The van der Waals surface area contributed by atoms with Crippen LogP contribution in [-0.4, -0.2) is 52.7 Å². The van der Waals surface area contributed by atoms with Crippen molar-refractivity contribution < 1.29 is 18.3 Å². The number of aliphatic hydroxyl groups is 1. The highest BCUT2D eigenvalue weighted by molar-refractivity contribution is 7.89. The second kappa shape index (κ2) is 7.79. The van der Waals surface area contributed by atoms with Crippen LogP contribution >= 0.6 is 0 Å². The zero-order chi connectivity index (χ0) is 19.6. The molecule has 0 spiro atoms. The molecule has 1 unspecified atom stereocenters. The van der Waals surface area contributed by atoms with Crippen LogP contribution in [0.2, 0.25) is 0 Å². The lowest BCUT2D eigenvalue weighted by molar-refractivity contribution is 0.102. The van der Waals surface area contributed by atoms with Crippen LogP contribution in [-0.2, 0) is 10.0 Å². The molecule has 8 nitrogen and oxygen atoms in total. The normalized spacial score (nSPS) is 18.6. The van der Waals surface area contributed by atoms with Gasteiger partial charge in [-0.15, -0.1) is 0 Å². The Bertz CT molecular complexity index is 923. The SMILES string of the molecule is CC(C)n1ccc(C(=O)Nc2cccc(S(=O)(=O)N3CCCC(O)C3)c2)n1. The van der Waals surface area contributed by atoms with E-state index in [9.17, 15) is 18.3 Å². The number of piperidine rings is 1. The highest BCUT2D eigenvalue weighted by atomic mass is 32.2. The number of β-amino-alcohol motifs (C(OH)–C–C–N with tert-alkyl or cyclic N) is 1. The van der Waals surface area contributed by atoms with Crippen molar-refractivity contribution in [2.24, 2.45) is 0 Å². The van der Waals surface area contributed by atoms with Crippen molar-refractivity contribution >= 4 is 21.6 Å². The number of rotatable bonds is 5. The largest absolute Gasteiger partial charge is 0.392 e. The quantitative estimate of drug-likeness (QED) is 0.808. The van der Waals surface area contributed by atoms with Gasteiger partial charge in [-0.05, 0) is 51.0 Å². The number of aromatic nitrogens is 2. The number of anilines is 1. The summed E-state index contributed by atoms with van der Waals surface area (Å²) in [7, 11) is -3.72. The van der Waals surface area contributed by atoms with Crippen molar-refractivity contribution in [2.75, 3.05) is 18.4 Å². The Morgan fingerprint density at radius 2 is 2.11 bits per heavy atom. The average molecular weight is 392 g/mol. The van der Waals surface area contributed by atoms with E-state index in [1.165, 1.54) is 16.4 Å². The van der Waals surface area contributed by atoms with Crippen molar-refractivity contribution in [3.05, 3.63) is 42.2 Å². The first-order chi connectivity index (χ1) is 12.8. The van der Waals surface area contributed by atoms with Gasteiger partial charge >= 0.3 is 0 Å². The van der Waals surface area contributed by atoms with Crippen LogP contribution in [0, 0.1) is 0 Å². The first-order valence-corrected chi connectivity index (χ1v) is 10.4. The number of amides is 1. The van der Waals surface area contributed by atoms with Crippen molar-refractivity contribution in [1.29, 1.82) is 0 Å². The van der Waals surface area contributed by atoms with Gasteiger partial charge in [0.25, 0.3) is 5.91 Å². The van der Waals surface area contributed by atoms with Gasteiger partial charge in [0.2, 0.25) is 10.0 Å². The number of carbonyl (C=O) groups is 1. The van der Waals surface area contributed by atoms with E-state index in [-0.39, 0.29) is 23.2 Å². The van der Waals surface area contributed by atoms with Crippen molar-refractivity contribution in [3.8, 4) is 0 Å². The number of nitrogens with zero attached hydrogens (tertiary/aromatic N) is 3. The molecule has 1 saturated heterocycles. The van der Waals surface area contributed by atoms with Crippen LogP contribution in [0.25, 0.3) is 0 Å². The Morgan fingerprint density at radius 1 is 1.33 bits per heavy atom. The summed E-state index contributed by atoms with van der Waals surface area (Å²) in [6.07, 6.45) is 2.30. The molecule has 1 aliphatic rings. The second-order valence-electron chi connectivity index (χ2n) is 6.92. The molecule has 2 aromatic rings. The topological polar surface area (TPSA) is 105 Å². The lowest BCUT2D eigenvalue weighted by Crippen LogP contribution is -2.42. The third kappa shape index (κ3) is 4.37. The lowest BCUT2D eigenvalue weighted by atomic mass is 10.1. The monoisotopic (exact) mass is 392 g/mol. The van der Waals surface area contributed by atoms with E-state index in [1.807, 2.05) is 13.8 Å². The number of hydrogen-bond donors (Lipinski definition) is 2. The van der Waals surface area contributed by atoms with E-state index in [1.54, 1.807) is 29.1 Å². The summed E-state index contributed by atoms with van der Waals surface area (Å²) in [5.41, 5.74) is 0.633. The number of nitrogens with one attached hydrogen (secondary N) is 1. The molecule has 27 heavy (non-hydrogen) atoms. The molecular formula is C18H24N4O4S. The summed E-state index contributed by atoms with van der Waals surface area (Å²) >= 11 is 0. The molecule has 1 amide bonds. The van der Waals surface area contributed by atoms with Crippen LogP contribution in [0.5, 0.6) is 0 Å². The molecule has 1 aliphatic heterocycles. The van der Waals surface area contributed by atoms with Crippen LogP contribution in [0.15, 0.2) is 41.4 Å². The van der Waals surface area contributed by atoms with E-state index < -0.39 is 22.0 Å². The summed E-state index contributed by atoms with van der Waals surface area (Å²) < 4.78 is 28.6. The molecule has 2 N–H and O–H groups in total.